The molecule has 0 atom stereocenters. The summed E-state index contributed by atoms with van der Waals surface area (Å²) in [5, 5.41) is 3.01. The molecular formula is C7H13N. The topological polar surface area (TPSA) is 12.0 Å². The Hall–Kier alpha value is -0.720. The Morgan fingerprint density at radius 1 is 1.50 bits per heavy atom. The fourth-order valence-corrected chi connectivity index (χ4v) is 0.324. The van der Waals surface area contributed by atoms with Crippen LogP contribution in [-0.4, -0.2) is 7.05 Å². The van der Waals surface area contributed by atoms with Crippen molar-refractivity contribution < 1.29 is 0 Å². The average molecular weight is 111 g/mol. The monoisotopic (exact) mass is 111 g/mol. The standard InChI is InChI=1S/C7H13N/c1-4-5-6-7(2)8-3/h4-6,8H,1-3H3/b5-4-,7-6+. The van der Waals surface area contributed by atoms with Crippen molar-refractivity contribution in [3.8, 4) is 0 Å². The van der Waals surface area contributed by atoms with Crippen LogP contribution < -0.4 is 5.32 Å². The molecule has 0 fully saturated rings. The van der Waals surface area contributed by atoms with Gasteiger partial charge in [0.05, 0.1) is 0 Å². The predicted octanol–water partition coefficient (Wildman–Crippen LogP) is 1.69. The van der Waals surface area contributed by atoms with E-state index in [9.17, 15) is 0 Å². The van der Waals surface area contributed by atoms with Crippen LogP contribution in [0.2, 0.25) is 0 Å². The van der Waals surface area contributed by atoms with E-state index < -0.39 is 0 Å². The first-order valence-corrected chi connectivity index (χ1v) is 2.78. The van der Waals surface area contributed by atoms with Gasteiger partial charge in [-0.3, -0.25) is 0 Å². The smallest absolute Gasteiger partial charge is 0.00723 e. The van der Waals surface area contributed by atoms with E-state index in [1.807, 2.05) is 39.1 Å². The molecule has 0 amide bonds. The van der Waals surface area contributed by atoms with Gasteiger partial charge < -0.3 is 5.32 Å². The second-order valence-electron chi connectivity index (χ2n) is 1.63. The van der Waals surface area contributed by atoms with Crippen molar-refractivity contribution in [3.05, 3.63) is 23.9 Å². The lowest BCUT2D eigenvalue weighted by Crippen LogP contribution is -1.99. The first-order valence-electron chi connectivity index (χ1n) is 2.78. The van der Waals surface area contributed by atoms with E-state index in [0.717, 1.165) is 0 Å². The third-order valence-electron chi connectivity index (χ3n) is 0.933. The summed E-state index contributed by atoms with van der Waals surface area (Å²) in [5.41, 5.74) is 1.18. The molecule has 1 heteroatoms. The van der Waals surface area contributed by atoms with Crippen molar-refractivity contribution >= 4 is 0 Å². The minimum absolute atomic E-state index is 1.18. The van der Waals surface area contributed by atoms with E-state index in [0.29, 0.717) is 0 Å². The third-order valence-corrected chi connectivity index (χ3v) is 0.933. The zero-order chi connectivity index (χ0) is 6.41. The fourth-order valence-electron chi connectivity index (χ4n) is 0.324. The molecule has 46 valence electrons. The van der Waals surface area contributed by atoms with Gasteiger partial charge in [-0.25, -0.2) is 0 Å². The van der Waals surface area contributed by atoms with E-state index >= 15 is 0 Å². The van der Waals surface area contributed by atoms with Gasteiger partial charge in [0.15, 0.2) is 0 Å². The van der Waals surface area contributed by atoms with Gasteiger partial charge in [0, 0.05) is 12.7 Å². The maximum Gasteiger partial charge on any atom is 0.00723 e. The zero-order valence-corrected chi connectivity index (χ0v) is 5.73. The Balaban J connectivity index is 3.57. The summed E-state index contributed by atoms with van der Waals surface area (Å²) in [6.45, 7) is 4.03. The number of hydrogen-bond acceptors (Lipinski definition) is 1. The van der Waals surface area contributed by atoms with Gasteiger partial charge in [-0.2, -0.15) is 0 Å². The summed E-state index contributed by atoms with van der Waals surface area (Å²) >= 11 is 0. The summed E-state index contributed by atoms with van der Waals surface area (Å²) in [6.07, 6.45) is 6.03. The highest BCUT2D eigenvalue weighted by molar-refractivity contribution is 5.07. The van der Waals surface area contributed by atoms with Crippen molar-refractivity contribution in [1.29, 1.82) is 0 Å². The Kier molecular flexibility index (Phi) is 4.04. The van der Waals surface area contributed by atoms with Crippen molar-refractivity contribution in [3.63, 3.8) is 0 Å². The largest absolute Gasteiger partial charge is 0.392 e. The summed E-state index contributed by atoms with van der Waals surface area (Å²) in [6, 6.07) is 0. The van der Waals surface area contributed by atoms with E-state index in [1.165, 1.54) is 5.70 Å². The molecule has 0 radical (unpaired) electrons. The van der Waals surface area contributed by atoms with Gasteiger partial charge >= 0.3 is 0 Å². The minimum Gasteiger partial charge on any atom is -0.392 e. The van der Waals surface area contributed by atoms with Crippen LogP contribution in [0, 0.1) is 0 Å². The lowest BCUT2D eigenvalue weighted by Gasteiger charge is -1.92. The van der Waals surface area contributed by atoms with Crippen LogP contribution in [0.5, 0.6) is 0 Å². The van der Waals surface area contributed by atoms with Gasteiger partial charge in [-0.05, 0) is 19.9 Å². The predicted molar refractivity (Wildman–Crippen MR) is 37.6 cm³/mol. The highest BCUT2D eigenvalue weighted by Gasteiger charge is 1.72. The summed E-state index contributed by atoms with van der Waals surface area (Å²) in [4.78, 5) is 0. The summed E-state index contributed by atoms with van der Waals surface area (Å²) in [7, 11) is 1.91. The Morgan fingerprint density at radius 2 is 2.12 bits per heavy atom. The van der Waals surface area contributed by atoms with Crippen molar-refractivity contribution in [2.24, 2.45) is 0 Å². The third kappa shape index (κ3) is 3.47. The van der Waals surface area contributed by atoms with E-state index in [2.05, 4.69) is 5.32 Å². The number of rotatable bonds is 2. The second kappa shape index (κ2) is 4.44. The molecule has 0 saturated heterocycles. The Bertz CT molecular complexity index is 101. The van der Waals surface area contributed by atoms with Crippen LogP contribution in [0.1, 0.15) is 13.8 Å². The minimum atomic E-state index is 1.18. The molecule has 0 unspecified atom stereocenters. The van der Waals surface area contributed by atoms with Crippen LogP contribution in [-0.2, 0) is 0 Å². The first kappa shape index (κ1) is 7.28. The molecule has 0 aromatic carbocycles. The lowest BCUT2D eigenvalue weighted by molar-refractivity contribution is 0.990. The highest BCUT2D eigenvalue weighted by atomic mass is 14.8. The first-order chi connectivity index (χ1) is 3.81. The highest BCUT2D eigenvalue weighted by Crippen LogP contribution is 1.83. The van der Waals surface area contributed by atoms with Gasteiger partial charge in [-0.1, -0.05) is 12.2 Å². The van der Waals surface area contributed by atoms with Gasteiger partial charge in [0.2, 0.25) is 0 Å². The number of nitrogens with one attached hydrogen (secondary N) is 1. The second-order valence-corrected chi connectivity index (χ2v) is 1.63. The zero-order valence-electron chi connectivity index (χ0n) is 5.73. The quantitative estimate of drug-likeness (QED) is 0.535. The normalized spacial score (nSPS) is 12.6. The molecule has 0 aliphatic carbocycles. The van der Waals surface area contributed by atoms with Gasteiger partial charge in [-0.15, -0.1) is 0 Å². The SMILES string of the molecule is C/C=C\C=C(/C)NC. The average Bonchev–Trinajstić information content (AvgIpc) is 1.83. The molecule has 0 aromatic heterocycles. The molecule has 0 aliphatic rings. The fraction of sp³-hybridized carbons (Fsp3) is 0.429. The Labute approximate surface area is 51.1 Å². The molecular weight excluding hydrogens is 98.1 g/mol. The number of hydrogen-bond donors (Lipinski definition) is 1. The van der Waals surface area contributed by atoms with Gasteiger partial charge in [0.1, 0.15) is 0 Å². The maximum atomic E-state index is 3.01. The molecule has 0 saturated carbocycles. The molecule has 0 aromatic rings. The van der Waals surface area contributed by atoms with Crippen LogP contribution in [0.25, 0.3) is 0 Å². The summed E-state index contributed by atoms with van der Waals surface area (Å²) in [5.74, 6) is 0. The van der Waals surface area contributed by atoms with Crippen LogP contribution in [0.15, 0.2) is 23.9 Å². The molecule has 0 spiro atoms. The van der Waals surface area contributed by atoms with Crippen LogP contribution >= 0.6 is 0 Å². The Morgan fingerprint density at radius 3 is 2.50 bits per heavy atom. The molecule has 1 N–H and O–H groups in total. The van der Waals surface area contributed by atoms with Crippen molar-refractivity contribution in [1.82, 2.24) is 5.32 Å². The summed E-state index contributed by atoms with van der Waals surface area (Å²) < 4.78 is 0. The lowest BCUT2D eigenvalue weighted by atomic mass is 10.4. The van der Waals surface area contributed by atoms with Crippen LogP contribution in [0.3, 0.4) is 0 Å². The number of allylic oxidation sites excluding steroid dienone is 4. The van der Waals surface area contributed by atoms with Gasteiger partial charge in [0.25, 0.3) is 0 Å². The molecule has 0 rings (SSSR count). The van der Waals surface area contributed by atoms with Crippen molar-refractivity contribution in [2.75, 3.05) is 7.05 Å². The van der Waals surface area contributed by atoms with Crippen LogP contribution in [0.4, 0.5) is 0 Å². The molecule has 1 nitrogen and oxygen atoms in total. The maximum absolute atomic E-state index is 3.01. The molecule has 0 bridgehead atoms. The van der Waals surface area contributed by atoms with E-state index in [-0.39, 0.29) is 0 Å². The van der Waals surface area contributed by atoms with Crippen molar-refractivity contribution in [2.45, 2.75) is 13.8 Å². The van der Waals surface area contributed by atoms with E-state index in [4.69, 9.17) is 0 Å². The molecule has 0 heterocycles. The molecule has 8 heavy (non-hydrogen) atoms. The molecule has 0 aliphatic heterocycles. The van der Waals surface area contributed by atoms with E-state index in [1.54, 1.807) is 0 Å².